The molecular weight excluding hydrogens is 301 g/mol. The van der Waals surface area contributed by atoms with Crippen LogP contribution in [0.4, 0.5) is 4.39 Å². The molecule has 0 unspecified atom stereocenters. The highest BCUT2D eigenvalue weighted by atomic mass is 35.5. The lowest BCUT2D eigenvalue weighted by molar-refractivity contribution is -0.122. The van der Waals surface area contributed by atoms with E-state index in [-0.39, 0.29) is 16.8 Å². The molecule has 1 saturated carbocycles. The molecule has 7 heteroatoms. The number of carbonyl (C=O) groups excluding carboxylic acids is 1. The van der Waals surface area contributed by atoms with Gasteiger partial charge in [0.2, 0.25) is 5.91 Å². The Bertz CT molecular complexity index is 735. The van der Waals surface area contributed by atoms with Gasteiger partial charge in [-0.15, -0.1) is 0 Å². The quantitative estimate of drug-likeness (QED) is 0.853. The van der Waals surface area contributed by atoms with E-state index in [9.17, 15) is 9.18 Å². The molecule has 0 aliphatic heterocycles. The molecule has 20 heavy (non-hydrogen) atoms. The molecule has 1 aliphatic carbocycles. The SMILES string of the molecule is O=C(NCCn1c(=S)[nH]c2cc(F)c(Cl)cc21)C1CC1. The van der Waals surface area contributed by atoms with Gasteiger partial charge in [-0.25, -0.2) is 4.39 Å². The molecule has 1 heterocycles. The molecule has 2 aromatic rings. The van der Waals surface area contributed by atoms with Crippen molar-refractivity contribution in [3.05, 3.63) is 27.7 Å². The monoisotopic (exact) mass is 313 g/mol. The van der Waals surface area contributed by atoms with Gasteiger partial charge in [0.05, 0.1) is 16.1 Å². The molecule has 0 bridgehead atoms. The highest BCUT2D eigenvalue weighted by molar-refractivity contribution is 7.71. The van der Waals surface area contributed by atoms with Crippen LogP contribution in [0.15, 0.2) is 12.1 Å². The number of imidazole rings is 1. The van der Waals surface area contributed by atoms with Crippen LogP contribution in [0.1, 0.15) is 12.8 Å². The Hall–Kier alpha value is -1.40. The fourth-order valence-corrected chi connectivity index (χ4v) is 2.61. The largest absolute Gasteiger partial charge is 0.354 e. The highest BCUT2D eigenvalue weighted by Crippen LogP contribution is 2.28. The van der Waals surface area contributed by atoms with Crippen molar-refractivity contribution in [1.82, 2.24) is 14.9 Å². The molecule has 1 aromatic carbocycles. The number of halogens is 2. The Labute approximate surface area is 124 Å². The van der Waals surface area contributed by atoms with Gasteiger partial charge in [-0.3, -0.25) is 4.79 Å². The van der Waals surface area contributed by atoms with Crippen molar-refractivity contribution in [2.75, 3.05) is 6.54 Å². The summed E-state index contributed by atoms with van der Waals surface area (Å²) in [6.07, 6.45) is 1.96. The van der Waals surface area contributed by atoms with E-state index in [1.807, 2.05) is 4.57 Å². The Kier molecular flexibility index (Phi) is 3.52. The van der Waals surface area contributed by atoms with Crippen molar-refractivity contribution >= 4 is 40.8 Å². The van der Waals surface area contributed by atoms with Crippen molar-refractivity contribution < 1.29 is 9.18 Å². The van der Waals surface area contributed by atoms with Gasteiger partial charge < -0.3 is 14.9 Å². The van der Waals surface area contributed by atoms with Gasteiger partial charge in [-0.1, -0.05) is 11.6 Å². The highest BCUT2D eigenvalue weighted by Gasteiger charge is 2.29. The standard InChI is InChI=1S/C13H13ClFN3OS/c14-8-5-11-10(6-9(8)15)17-13(20)18(11)4-3-16-12(19)7-1-2-7/h5-7H,1-4H2,(H,16,19)(H,17,20). The van der Waals surface area contributed by atoms with Crippen molar-refractivity contribution in [3.63, 3.8) is 0 Å². The summed E-state index contributed by atoms with van der Waals surface area (Å²) in [5.74, 6) is -0.195. The number of nitrogens with zero attached hydrogens (tertiary/aromatic N) is 1. The third-order valence-corrected chi connectivity index (χ3v) is 4.01. The maximum absolute atomic E-state index is 13.4. The van der Waals surface area contributed by atoms with E-state index in [2.05, 4.69) is 10.3 Å². The zero-order chi connectivity index (χ0) is 14.3. The number of benzene rings is 1. The first kappa shape index (κ1) is 13.6. The lowest BCUT2D eigenvalue weighted by atomic mass is 10.3. The number of aromatic nitrogens is 2. The first-order valence-corrected chi connectivity index (χ1v) is 7.20. The van der Waals surface area contributed by atoms with Gasteiger partial charge in [0.1, 0.15) is 5.82 Å². The summed E-state index contributed by atoms with van der Waals surface area (Å²) in [6.45, 7) is 1.02. The van der Waals surface area contributed by atoms with E-state index < -0.39 is 5.82 Å². The van der Waals surface area contributed by atoms with E-state index in [4.69, 9.17) is 23.8 Å². The van der Waals surface area contributed by atoms with Crippen LogP contribution < -0.4 is 5.32 Å². The molecule has 0 spiro atoms. The fraction of sp³-hybridized carbons (Fsp3) is 0.385. The average Bonchev–Trinajstić information content (AvgIpc) is 3.19. The van der Waals surface area contributed by atoms with E-state index in [0.29, 0.717) is 23.4 Å². The number of hydrogen-bond acceptors (Lipinski definition) is 2. The molecule has 106 valence electrons. The van der Waals surface area contributed by atoms with Gasteiger partial charge in [-0.05, 0) is 31.1 Å². The van der Waals surface area contributed by atoms with E-state index in [1.165, 1.54) is 6.07 Å². The molecule has 3 rings (SSSR count). The lowest BCUT2D eigenvalue weighted by Gasteiger charge is -2.06. The number of aromatic amines is 1. The minimum absolute atomic E-state index is 0.0577. The fourth-order valence-electron chi connectivity index (χ4n) is 2.15. The average molecular weight is 314 g/mol. The number of H-pyrrole nitrogens is 1. The summed E-state index contributed by atoms with van der Waals surface area (Å²) >= 11 is 11.0. The number of nitrogens with one attached hydrogen (secondary N) is 2. The lowest BCUT2D eigenvalue weighted by Crippen LogP contribution is -2.28. The van der Waals surface area contributed by atoms with Crippen molar-refractivity contribution in [1.29, 1.82) is 0 Å². The van der Waals surface area contributed by atoms with Gasteiger partial charge in [-0.2, -0.15) is 0 Å². The third kappa shape index (κ3) is 2.58. The van der Waals surface area contributed by atoms with Crippen LogP contribution in [-0.4, -0.2) is 22.0 Å². The second-order valence-corrected chi connectivity index (χ2v) is 5.72. The molecule has 4 nitrogen and oxygen atoms in total. The zero-order valence-electron chi connectivity index (χ0n) is 10.6. The number of fused-ring (bicyclic) bond motifs is 1. The number of amides is 1. The molecule has 2 N–H and O–H groups in total. The summed E-state index contributed by atoms with van der Waals surface area (Å²) in [5.41, 5.74) is 1.34. The normalized spacial score (nSPS) is 14.7. The maximum atomic E-state index is 13.4. The number of carbonyl (C=O) groups is 1. The third-order valence-electron chi connectivity index (χ3n) is 3.40. The second kappa shape index (κ2) is 5.18. The van der Waals surface area contributed by atoms with E-state index >= 15 is 0 Å². The molecule has 1 aromatic heterocycles. The van der Waals surface area contributed by atoms with Crippen molar-refractivity contribution in [3.8, 4) is 0 Å². The summed E-state index contributed by atoms with van der Waals surface area (Å²) in [5, 5.41) is 2.93. The van der Waals surface area contributed by atoms with Crippen molar-refractivity contribution in [2.24, 2.45) is 5.92 Å². The maximum Gasteiger partial charge on any atom is 0.223 e. The second-order valence-electron chi connectivity index (χ2n) is 4.93. The Morgan fingerprint density at radius 1 is 1.55 bits per heavy atom. The molecule has 0 radical (unpaired) electrons. The zero-order valence-corrected chi connectivity index (χ0v) is 12.2. The topological polar surface area (TPSA) is 49.8 Å². The molecule has 0 atom stereocenters. The van der Waals surface area contributed by atoms with Gasteiger partial charge >= 0.3 is 0 Å². The van der Waals surface area contributed by atoms with Crippen LogP contribution in [-0.2, 0) is 11.3 Å². The Morgan fingerprint density at radius 3 is 3.00 bits per heavy atom. The number of rotatable bonds is 4. The molecule has 0 saturated heterocycles. The molecular formula is C13H13ClFN3OS. The van der Waals surface area contributed by atoms with Crippen LogP contribution in [0.2, 0.25) is 5.02 Å². The van der Waals surface area contributed by atoms with E-state index in [1.54, 1.807) is 6.07 Å². The van der Waals surface area contributed by atoms with Crippen molar-refractivity contribution in [2.45, 2.75) is 19.4 Å². The van der Waals surface area contributed by atoms with Crippen LogP contribution in [0.3, 0.4) is 0 Å². The predicted molar refractivity (Wildman–Crippen MR) is 77.8 cm³/mol. The minimum Gasteiger partial charge on any atom is -0.354 e. The summed E-state index contributed by atoms with van der Waals surface area (Å²) in [4.78, 5) is 14.5. The molecule has 1 fully saturated rings. The Balaban J connectivity index is 1.79. The minimum atomic E-state index is -0.482. The van der Waals surface area contributed by atoms with Gasteiger partial charge in [0, 0.05) is 25.1 Å². The first-order valence-electron chi connectivity index (χ1n) is 6.41. The smallest absolute Gasteiger partial charge is 0.223 e. The molecule has 1 aliphatic rings. The summed E-state index contributed by atoms with van der Waals surface area (Å²) in [6, 6.07) is 2.87. The van der Waals surface area contributed by atoms with Crippen LogP contribution in [0, 0.1) is 16.5 Å². The predicted octanol–water partition coefficient (Wildman–Crippen LogP) is 3.02. The van der Waals surface area contributed by atoms with Crippen LogP contribution in [0.25, 0.3) is 11.0 Å². The summed E-state index contributed by atoms with van der Waals surface area (Å²) < 4.78 is 15.7. The Morgan fingerprint density at radius 2 is 2.30 bits per heavy atom. The van der Waals surface area contributed by atoms with Crippen LogP contribution in [0.5, 0.6) is 0 Å². The van der Waals surface area contributed by atoms with Crippen LogP contribution >= 0.6 is 23.8 Å². The van der Waals surface area contributed by atoms with E-state index in [0.717, 1.165) is 18.4 Å². The molecule has 1 amide bonds. The number of hydrogen-bond donors (Lipinski definition) is 2. The summed E-state index contributed by atoms with van der Waals surface area (Å²) in [7, 11) is 0. The van der Waals surface area contributed by atoms with Gasteiger partial charge in [0.15, 0.2) is 4.77 Å². The first-order chi connectivity index (χ1) is 9.56. The van der Waals surface area contributed by atoms with Gasteiger partial charge in [0.25, 0.3) is 0 Å².